The molecule has 1 saturated heterocycles. The number of benzene rings is 5. The van der Waals surface area contributed by atoms with Gasteiger partial charge in [-0.3, -0.25) is 15.6 Å². The van der Waals surface area contributed by atoms with Gasteiger partial charge in [0.05, 0.1) is 63.7 Å². The van der Waals surface area contributed by atoms with Crippen molar-refractivity contribution in [2.75, 3.05) is 57.9 Å². The number of nitrogens with one attached hydrogen (secondary N) is 2. The van der Waals surface area contributed by atoms with E-state index in [4.69, 9.17) is 48.4 Å². The van der Waals surface area contributed by atoms with Crippen LogP contribution in [0.2, 0.25) is 0 Å². The van der Waals surface area contributed by atoms with Gasteiger partial charge in [-0.1, -0.05) is 54.6 Å². The summed E-state index contributed by atoms with van der Waals surface area (Å²) in [6.07, 6.45) is -4.79. The zero-order valence-corrected chi connectivity index (χ0v) is 45.4. The third-order valence-electron chi connectivity index (χ3n) is 12.2. The highest BCUT2D eigenvalue weighted by Crippen LogP contribution is 2.41. The van der Waals surface area contributed by atoms with Crippen molar-refractivity contribution >= 4 is 54.6 Å². The molecule has 1 heterocycles. The van der Waals surface area contributed by atoms with Crippen molar-refractivity contribution < 1.29 is 49.0 Å². The number of anilines is 1. The first-order valence-corrected chi connectivity index (χ1v) is 26.9. The minimum absolute atomic E-state index is 0.0132. The molecule has 0 aromatic heterocycles. The van der Waals surface area contributed by atoms with Crippen LogP contribution in [0.5, 0.6) is 23.0 Å². The maximum Gasteiger partial charge on any atom is 0.407 e. The third kappa shape index (κ3) is 15.6. The Morgan fingerprint density at radius 2 is 1.07 bits per heavy atom. The molecular formula is C53H61F3N8O8S3. The first-order valence-electron chi connectivity index (χ1n) is 23.2. The Hall–Kier alpha value is -6.79. The Bertz CT molecular complexity index is 2980. The molecule has 75 heavy (non-hydrogen) atoms. The third-order valence-corrected chi connectivity index (χ3v) is 16.1. The zero-order valence-electron chi connectivity index (χ0n) is 42.9. The number of amidine groups is 1. The van der Waals surface area contributed by atoms with Crippen molar-refractivity contribution in [2.45, 2.75) is 71.1 Å². The fraction of sp³-hybridized carbons (Fsp3) is 0.358. The summed E-state index contributed by atoms with van der Waals surface area (Å²) in [5, 5.41) is 20.9. The fourth-order valence-corrected chi connectivity index (χ4v) is 10.9. The zero-order chi connectivity index (χ0) is 55.4. The van der Waals surface area contributed by atoms with Crippen LogP contribution in [0, 0.1) is 23.3 Å². The maximum absolute atomic E-state index is 13.9. The van der Waals surface area contributed by atoms with E-state index in [0.29, 0.717) is 23.0 Å². The average Bonchev–Trinajstić information content (AvgIpc) is 3.56. The lowest BCUT2D eigenvalue weighted by atomic mass is 10.0. The van der Waals surface area contributed by atoms with Gasteiger partial charge in [0.2, 0.25) is 20.0 Å². The Kier molecular flexibility index (Phi) is 19.8. The highest BCUT2D eigenvalue weighted by Gasteiger charge is 2.47. The number of sulfonamides is 2. The van der Waals surface area contributed by atoms with Crippen LogP contribution < -0.4 is 29.2 Å². The molecule has 400 valence electrons. The first kappa shape index (κ1) is 59.1. The van der Waals surface area contributed by atoms with Crippen LogP contribution in [0.4, 0.5) is 24.5 Å². The predicted octanol–water partition coefficient (Wildman–Crippen LogP) is 9.40. The van der Waals surface area contributed by atoms with Gasteiger partial charge in [-0.15, -0.1) is 0 Å². The molecule has 0 saturated carbocycles. The minimum Gasteiger partial charge on any atom is -0.497 e. The smallest absolute Gasteiger partial charge is 0.407 e. The van der Waals surface area contributed by atoms with E-state index in [0.717, 1.165) is 34.4 Å². The predicted molar refractivity (Wildman–Crippen MR) is 287 cm³/mol. The fourth-order valence-electron chi connectivity index (χ4n) is 7.70. The summed E-state index contributed by atoms with van der Waals surface area (Å²) >= 11 is 5.62. The lowest BCUT2D eigenvalue weighted by molar-refractivity contribution is -0.136. The van der Waals surface area contributed by atoms with Crippen LogP contribution in [-0.2, 0) is 52.4 Å². The van der Waals surface area contributed by atoms with E-state index in [1.165, 1.54) is 38.7 Å². The highest BCUT2D eigenvalue weighted by molar-refractivity contribution is 7.89. The van der Waals surface area contributed by atoms with Gasteiger partial charge < -0.3 is 23.8 Å². The molecule has 0 aliphatic carbocycles. The molecule has 2 N–H and O–H groups in total. The number of rotatable bonds is 22. The maximum atomic E-state index is 13.9. The minimum atomic E-state index is -4.79. The van der Waals surface area contributed by atoms with Crippen LogP contribution in [0.25, 0.3) is 4.85 Å². The number of hydrogen-bond acceptors (Lipinski definition) is 12. The van der Waals surface area contributed by atoms with Crippen LogP contribution in [0.1, 0.15) is 55.5 Å². The van der Waals surface area contributed by atoms with Crippen molar-refractivity contribution in [1.29, 1.82) is 10.7 Å². The van der Waals surface area contributed by atoms with Crippen LogP contribution in [-0.4, -0.2) is 105 Å². The van der Waals surface area contributed by atoms with Crippen molar-refractivity contribution in [3.05, 3.63) is 154 Å². The molecule has 1 aliphatic heterocycles. The number of ether oxygens (including phenoxy) is 4. The van der Waals surface area contributed by atoms with Crippen molar-refractivity contribution in [1.82, 2.24) is 18.8 Å². The van der Waals surface area contributed by atoms with Crippen molar-refractivity contribution in [3.8, 4) is 29.1 Å². The van der Waals surface area contributed by atoms with E-state index in [-0.39, 0.29) is 67.4 Å². The molecule has 6 rings (SSSR count). The molecule has 0 spiro atoms. The van der Waals surface area contributed by atoms with Gasteiger partial charge in [-0.25, -0.2) is 21.7 Å². The van der Waals surface area contributed by atoms with Gasteiger partial charge in [-0.2, -0.15) is 27.0 Å². The molecule has 1 aliphatic rings. The van der Waals surface area contributed by atoms with Crippen molar-refractivity contribution in [2.24, 2.45) is 0 Å². The molecule has 0 amide bonds. The molecule has 5 aromatic carbocycles. The summed E-state index contributed by atoms with van der Waals surface area (Å²) in [6, 6.07) is 34.0. The summed E-state index contributed by atoms with van der Waals surface area (Å²) in [4.78, 5) is 5.67. The van der Waals surface area contributed by atoms with Gasteiger partial charge in [0.15, 0.2) is 10.8 Å². The monoisotopic (exact) mass is 1090 g/mol. The standard InChI is InChI=1S/C31H32F3N5O4S2.C22H29N3O4S/c1-30(2)28(35)39(23-10-15-27(36-3)26(18-23)31(32,33)34)29(44)38(30)16-17-45(40,41)37(19-21-6-11-24(42-4)12-7-21)20-22-8-13-25(43-5)14-9-22;1-22(2,17-23)24-13-14-30(26,27)25(15-18-5-9-20(28-3)10-6-18)16-19-7-11-21(29-4)12-8-19/h6-15,18,35H,16-17,19-20H2,1-2,4-5H3;5-12,24H,13-16H2,1-4H3. The lowest BCUT2D eigenvalue weighted by Gasteiger charge is -2.31. The Morgan fingerprint density at radius 3 is 1.40 bits per heavy atom. The van der Waals surface area contributed by atoms with E-state index < -0.39 is 48.6 Å². The molecule has 0 unspecified atom stereocenters. The number of thiocarbonyl (C=S) groups is 1. The molecule has 5 aromatic rings. The second-order valence-electron chi connectivity index (χ2n) is 18.2. The van der Waals surface area contributed by atoms with Crippen LogP contribution >= 0.6 is 12.2 Å². The SMILES string of the molecule is COc1ccc(CN(Cc2ccc(OC)cc2)S(=O)(=O)CCNC(C)(C)C#N)cc1.[C-]#[N+]c1ccc(N2C(=N)C(C)(C)N(CCS(=O)(=O)N(Cc3ccc(OC)cc3)Cc3ccc(OC)cc3)C2=S)cc1C(F)(F)F. The lowest BCUT2D eigenvalue weighted by Crippen LogP contribution is -2.47. The normalized spacial score (nSPS) is 13.7. The average molecular weight is 1090 g/mol. The topological polar surface area (TPSA) is 182 Å². The van der Waals surface area contributed by atoms with E-state index in [1.54, 1.807) is 90.4 Å². The Labute approximate surface area is 443 Å². The molecule has 0 atom stereocenters. The van der Waals surface area contributed by atoms with Gasteiger partial charge in [0.1, 0.15) is 34.4 Å². The molecular weight excluding hydrogens is 1030 g/mol. The number of halogens is 3. The largest absolute Gasteiger partial charge is 0.497 e. The first-order chi connectivity index (χ1) is 35.3. The van der Waals surface area contributed by atoms with E-state index >= 15 is 0 Å². The quantitative estimate of drug-likeness (QED) is 0.0495. The Morgan fingerprint density at radius 1 is 0.693 bits per heavy atom. The second-order valence-corrected chi connectivity index (χ2v) is 22.8. The molecule has 22 heteroatoms. The summed E-state index contributed by atoms with van der Waals surface area (Å²) in [7, 11) is -1.27. The Balaban J connectivity index is 0.000000301. The number of alkyl halides is 3. The summed E-state index contributed by atoms with van der Waals surface area (Å²) < 4.78 is 119. The summed E-state index contributed by atoms with van der Waals surface area (Å²) in [5.41, 5.74) is -0.481. The van der Waals surface area contributed by atoms with Gasteiger partial charge in [0, 0.05) is 45.0 Å². The molecule has 0 radical (unpaired) electrons. The van der Waals surface area contributed by atoms with Gasteiger partial charge >= 0.3 is 6.18 Å². The van der Waals surface area contributed by atoms with E-state index in [2.05, 4.69) is 16.2 Å². The van der Waals surface area contributed by atoms with E-state index in [1.807, 2.05) is 48.5 Å². The van der Waals surface area contributed by atoms with Gasteiger partial charge in [-0.05, 0) is 123 Å². The number of nitrogens with zero attached hydrogens (tertiary/aromatic N) is 6. The molecule has 0 bridgehead atoms. The summed E-state index contributed by atoms with van der Waals surface area (Å²) in [5.74, 6) is 2.08. The van der Waals surface area contributed by atoms with Crippen LogP contribution in [0.15, 0.2) is 115 Å². The van der Waals surface area contributed by atoms with Crippen molar-refractivity contribution in [3.63, 3.8) is 0 Å². The number of methoxy groups -OCH3 is 4. The highest BCUT2D eigenvalue weighted by atomic mass is 32.2. The van der Waals surface area contributed by atoms with Gasteiger partial charge in [0.25, 0.3) is 0 Å². The second kappa shape index (κ2) is 25.2. The van der Waals surface area contributed by atoms with Crippen LogP contribution in [0.3, 0.4) is 0 Å². The number of nitriles is 1. The number of hydrogen-bond donors (Lipinski definition) is 2. The molecule has 1 fully saturated rings. The van der Waals surface area contributed by atoms with E-state index in [9.17, 15) is 30.0 Å². The molecule has 16 nitrogen and oxygen atoms in total. The summed E-state index contributed by atoms with van der Waals surface area (Å²) in [6.45, 7) is 14.5.